The van der Waals surface area contributed by atoms with Crippen molar-refractivity contribution in [2.45, 2.75) is 51.7 Å². The minimum absolute atomic E-state index is 0.151. The minimum Gasteiger partial charge on any atom is -0.444 e. The Labute approximate surface area is 144 Å². The van der Waals surface area contributed by atoms with Crippen LogP contribution >= 0.6 is 11.6 Å². The topological polar surface area (TPSA) is 79.7 Å². The number of hydrogen-bond acceptors (Lipinski definition) is 4. The highest BCUT2D eigenvalue weighted by Gasteiger charge is 2.32. The van der Waals surface area contributed by atoms with Crippen LogP contribution in [0.4, 0.5) is 4.79 Å². The molecule has 0 spiro atoms. The van der Waals surface area contributed by atoms with Crippen LogP contribution in [-0.2, 0) is 4.74 Å². The lowest BCUT2D eigenvalue weighted by Crippen LogP contribution is -2.42. The van der Waals surface area contributed by atoms with Crippen molar-refractivity contribution in [2.75, 3.05) is 6.54 Å². The van der Waals surface area contributed by atoms with E-state index in [1.807, 2.05) is 20.8 Å². The van der Waals surface area contributed by atoms with Crippen molar-refractivity contribution in [1.29, 1.82) is 0 Å². The number of H-pyrrole nitrogens is 1. The molecule has 2 aromatic heterocycles. The van der Waals surface area contributed by atoms with Crippen LogP contribution in [0.5, 0.6) is 0 Å². The van der Waals surface area contributed by atoms with Gasteiger partial charge in [-0.1, -0.05) is 11.6 Å². The number of carbonyl (C=O) groups is 1. The molecule has 8 heteroatoms. The number of piperidine rings is 1. The number of hydrogen-bond donors (Lipinski definition) is 1. The highest BCUT2D eigenvalue weighted by atomic mass is 35.5. The van der Waals surface area contributed by atoms with Crippen LogP contribution in [0.3, 0.4) is 0 Å². The fourth-order valence-electron chi connectivity index (χ4n) is 2.95. The van der Waals surface area contributed by atoms with E-state index in [9.17, 15) is 9.59 Å². The highest BCUT2D eigenvalue weighted by molar-refractivity contribution is 6.29. The predicted octanol–water partition coefficient (Wildman–Crippen LogP) is 3.14. The number of fused-ring (bicyclic) bond motifs is 1. The monoisotopic (exact) mass is 352 g/mol. The Hall–Kier alpha value is -2.02. The molecule has 0 bridgehead atoms. The van der Waals surface area contributed by atoms with Crippen LogP contribution in [0.15, 0.2) is 16.9 Å². The van der Waals surface area contributed by atoms with E-state index in [-0.39, 0.29) is 22.8 Å². The first-order chi connectivity index (χ1) is 11.2. The number of ether oxygens (including phenoxy) is 1. The van der Waals surface area contributed by atoms with E-state index in [1.54, 1.807) is 11.0 Å². The van der Waals surface area contributed by atoms with Crippen molar-refractivity contribution in [1.82, 2.24) is 19.5 Å². The average molecular weight is 353 g/mol. The van der Waals surface area contributed by atoms with Gasteiger partial charge in [-0.25, -0.2) is 14.3 Å². The molecular weight excluding hydrogens is 332 g/mol. The molecule has 1 fully saturated rings. The molecule has 0 saturated carbocycles. The number of nitrogens with zero attached hydrogens (tertiary/aromatic N) is 3. The van der Waals surface area contributed by atoms with E-state index in [4.69, 9.17) is 16.3 Å². The number of likely N-dealkylation sites (tertiary alicyclic amines) is 1. The molecule has 3 heterocycles. The van der Waals surface area contributed by atoms with E-state index < -0.39 is 5.60 Å². The van der Waals surface area contributed by atoms with Gasteiger partial charge in [-0.15, -0.1) is 0 Å². The summed E-state index contributed by atoms with van der Waals surface area (Å²) in [5.74, 6) is 0. The quantitative estimate of drug-likeness (QED) is 0.799. The molecule has 0 unspecified atom stereocenters. The lowest BCUT2D eigenvalue weighted by atomic mass is 10.00. The molecule has 3 rings (SSSR count). The van der Waals surface area contributed by atoms with Gasteiger partial charge in [0.05, 0.1) is 11.7 Å². The van der Waals surface area contributed by atoms with Gasteiger partial charge in [0.1, 0.15) is 10.8 Å². The average Bonchev–Trinajstić information content (AvgIpc) is 2.89. The predicted molar refractivity (Wildman–Crippen MR) is 90.4 cm³/mol. The van der Waals surface area contributed by atoms with E-state index in [0.717, 1.165) is 25.0 Å². The van der Waals surface area contributed by atoms with Crippen LogP contribution in [0.25, 0.3) is 5.65 Å². The highest BCUT2D eigenvalue weighted by Crippen LogP contribution is 2.31. The van der Waals surface area contributed by atoms with E-state index >= 15 is 0 Å². The molecule has 1 aliphatic rings. The van der Waals surface area contributed by atoms with Gasteiger partial charge in [-0.05, 0) is 40.0 Å². The molecule has 2 aromatic rings. The molecule has 0 radical (unpaired) electrons. The summed E-state index contributed by atoms with van der Waals surface area (Å²) in [7, 11) is 0. The summed E-state index contributed by atoms with van der Waals surface area (Å²) in [4.78, 5) is 30.4. The summed E-state index contributed by atoms with van der Waals surface area (Å²) in [6.45, 7) is 6.16. The zero-order valence-corrected chi connectivity index (χ0v) is 14.8. The summed E-state index contributed by atoms with van der Waals surface area (Å²) in [6.07, 6.45) is 2.39. The second-order valence-electron chi connectivity index (χ2n) is 7.01. The van der Waals surface area contributed by atoms with Crippen LogP contribution in [0.1, 0.15) is 51.8 Å². The normalized spacial score (nSPS) is 18.8. The summed E-state index contributed by atoms with van der Waals surface area (Å²) in [5.41, 5.74) is 0.367. The van der Waals surface area contributed by atoms with Gasteiger partial charge in [0.2, 0.25) is 0 Å². The van der Waals surface area contributed by atoms with Gasteiger partial charge in [-0.3, -0.25) is 14.8 Å². The number of aromatic nitrogens is 3. The number of rotatable bonds is 1. The van der Waals surface area contributed by atoms with Gasteiger partial charge in [0, 0.05) is 18.7 Å². The van der Waals surface area contributed by atoms with Crippen LogP contribution in [-0.4, -0.2) is 37.7 Å². The number of halogens is 1. The van der Waals surface area contributed by atoms with Gasteiger partial charge < -0.3 is 4.74 Å². The maximum absolute atomic E-state index is 12.5. The van der Waals surface area contributed by atoms with Gasteiger partial charge in [-0.2, -0.15) is 0 Å². The molecule has 7 nitrogen and oxygen atoms in total. The van der Waals surface area contributed by atoms with Crippen molar-refractivity contribution in [3.8, 4) is 0 Å². The number of carbonyl (C=O) groups excluding carboxylic acids is 1. The first-order valence-electron chi connectivity index (χ1n) is 8.02. The van der Waals surface area contributed by atoms with Crippen molar-refractivity contribution in [3.63, 3.8) is 0 Å². The third-order valence-electron chi connectivity index (χ3n) is 3.93. The Balaban J connectivity index is 1.95. The molecule has 130 valence electrons. The van der Waals surface area contributed by atoms with Gasteiger partial charge >= 0.3 is 6.09 Å². The Kier molecular flexibility index (Phi) is 4.29. The largest absolute Gasteiger partial charge is 0.444 e. The molecule has 0 aliphatic carbocycles. The summed E-state index contributed by atoms with van der Waals surface area (Å²) >= 11 is 5.85. The van der Waals surface area contributed by atoms with Crippen molar-refractivity contribution in [2.24, 2.45) is 0 Å². The van der Waals surface area contributed by atoms with Crippen LogP contribution < -0.4 is 5.56 Å². The molecule has 24 heavy (non-hydrogen) atoms. The van der Waals surface area contributed by atoms with Gasteiger partial charge in [0.15, 0.2) is 5.65 Å². The molecule has 1 N–H and O–H groups in total. The number of nitrogens with one attached hydrogen (secondary N) is 1. The van der Waals surface area contributed by atoms with E-state index in [2.05, 4.69) is 10.1 Å². The second kappa shape index (κ2) is 6.12. The van der Waals surface area contributed by atoms with E-state index in [1.165, 1.54) is 10.6 Å². The van der Waals surface area contributed by atoms with Crippen molar-refractivity contribution in [3.05, 3.63) is 33.3 Å². The molecule has 1 atom stereocenters. The molecular formula is C16H21ClN4O3. The lowest BCUT2D eigenvalue weighted by molar-refractivity contribution is 0.00897. The Morgan fingerprint density at radius 3 is 2.83 bits per heavy atom. The third kappa shape index (κ3) is 3.40. The van der Waals surface area contributed by atoms with Crippen LogP contribution in [0.2, 0.25) is 5.15 Å². The van der Waals surface area contributed by atoms with Crippen LogP contribution in [0, 0.1) is 0 Å². The molecule has 1 amide bonds. The van der Waals surface area contributed by atoms with Gasteiger partial charge in [0.25, 0.3) is 5.56 Å². The maximum atomic E-state index is 12.5. The zero-order chi connectivity index (χ0) is 17.5. The molecule has 1 aliphatic heterocycles. The van der Waals surface area contributed by atoms with E-state index in [0.29, 0.717) is 12.2 Å². The Morgan fingerprint density at radius 2 is 2.12 bits per heavy atom. The summed E-state index contributed by atoms with van der Waals surface area (Å²) in [6, 6.07) is 2.84. The minimum atomic E-state index is -0.550. The smallest absolute Gasteiger partial charge is 0.410 e. The SMILES string of the molecule is CC(C)(C)OC(=O)N1CCCC[C@H]1c1cc2nc(Cl)cc(=O)n2[nH]1. The lowest BCUT2D eigenvalue weighted by Gasteiger charge is -2.36. The van der Waals surface area contributed by atoms with Crippen molar-refractivity contribution >= 4 is 23.3 Å². The molecule has 1 saturated heterocycles. The zero-order valence-electron chi connectivity index (χ0n) is 14.0. The Bertz CT molecular complexity index is 821. The number of aromatic amines is 1. The first kappa shape index (κ1) is 16.8. The fourth-order valence-corrected chi connectivity index (χ4v) is 3.13. The second-order valence-corrected chi connectivity index (χ2v) is 7.39. The van der Waals surface area contributed by atoms with Crippen molar-refractivity contribution < 1.29 is 9.53 Å². The summed E-state index contributed by atoms with van der Waals surface area (Å²) in [5, 5.41) is 3.19. The third-order valence-corrected chi connectivity index (χ3v) is 4.12. The number of amides is 1. The first-order valence-corrected chi connectivity index (χ1v) is 8.40. The fraction of sp³-hybridized carbons (Fsp3) is 0.562. The summed E-state index contributed by atoms with van der Waals surface area (Å²) < 4.78 is 6.85. The molecule has 0 aromatic carbocycles. The maximum Gasteiger partial charge on any atom is 0.410 e. The Morgan fingerprint density at radius 1 is 1.38 bits per heavy atom. The standard InChI is InChI=1S/C16H21ClN4O3/c1-16(2,3)24-15(23)20-7-5-4-6-11(20)10-8-13-18-12(17)9-14(22)21(13)19-10/h8-9,11,19H,4-7H2,1-3H3/t11-/m0/s1.